The normalized spacial score (nSPS) is 11.8. The monoisotopic (exact) mass is 420 g/mol. The molecule has 0 aliphatic carbocycles. The minimum atomic E-state index is 0.701. The van der Waals surface area contributed by atoms with E-state index in [2.05, 4.69) is 48.6 Å². The van der Waals surface area contributed by atoms with Gasteiger partial charge >= 0.3 is 0 Å². The number of hydrogen-bond donors (Lipinski definition) is 2. The van der Waals surface area contributed by atoms with E-state index in [0.717, 1.165) is 57.3 Å². The molecule has 0 saturated heterocycles. The van der Waals surface area contributed by atoms with Gasteiger partial charge in [0.2, 0.25) is 0 Å². The Morgan fingerprint density at radius 2 is 1.47 bits per heavy atom. The predicted molar refractivity (Wildman–Crippen MR) is 134 cm³/mol. The van der Waals surface area contributed by atoms with Crippen LogP contribution in [0.1, 0.15) is 16.7 Å². The van der Waals surface area contributed by atoms with Crippen LogP contribution in [-0.4, -0.2) is 6.54 Å². The summed E-state index contributed by atoms with van der Waals surface area (Å²) in [6.45, 7) is 4.93. The summed E-state index contributed by atoms with van der Waals surface area (Å²) in [4.78, 5) is 0. The Labute approximate surface area is 185 Å². The van der Waals surface area contributed by atoms with Gasteiger partial charge in [-0.15, -0.1) is 0 Å². The first-order chi connectivity index (χ1) is 15.6. The number of fused-ring (bicyclic) bond motifs is 6. The van der Waals surface area contributed by atoms with Gasteiger partial charge in [-0.2, -0.15) is 0 Å². The van der Waals surface area contributed by atoms with E-state index in [4.69, 9.17) is 14.6 Å². The first-order valence-corrected chi connectivity index (χ1v) is 10.9. The number of benzene rings is 4. The number of aryl methyl sites for hydroxylation is 2. The molecule has 0 bridgehead atoms. The van der Waals surface area contributed by atoms with E-state index in [-0.39, 0.29) is 0 Å². The summed E-state index contributed by atoms with van der Waals surface area (Å²) >= 11 is 0. The highest BCUT2D eigenvalue weighted by atomic mass is 16.3. The van der Waals surface area contributed by atoms with Crippen LogP contribution in [0.4, 0.5) is 11.4 Å². The second-order valence-electron chi connectivity index (χ2n) is 8.53. The lowest BCUT2D eigenvalue weighted by Crippen LogP contribution is -2.06. The summed E-state index contributed by atoms with van der Waals surface area (Å²) in [5.41, 5.74) is 15.1. The minimum absolute atomic E-state index is 0.701. The van der Waals surface area contributed by atoms with E-state index in [9.17, 15) is 0 Å². The Morgan fingerprint density at radius 3 is 2.25 bits per heavy atom. The zero-order valence-electron chi connectivity index (χ0n) is 18.2. The third kappa shape index (κ3) is 2.83. The molecule has 0 amide bonds. The fourth-order valence-electron chi connectivity index (χ4n) is 4.81. The lowest BCUT2D eigenvalue weighted by molar-refractivity contribution is 0.668. The van der Waals surface area contributed by atoms with Gasteiger partial charge in [0.25, 0.3) is 0 Å². The molecule has 3 N–H and O–H groups in total. The van der Waals surface area contributed by atoms with Crippen LogP contribution in [0.2, 0.25) is 0 Å². The molecule has 0 aliphatic heterocycles. The smallest absolute Gasteiger partial charge is 0.160 e. The Bertz CT molecular complexity index is 1640. The summed E-state index contributed by atoms with van der Waals surface area (Å²) < 4.78 is 12.2. The van der Waals surface area contributed by atoms with Gasteiger partial charge in [-0.05, 0) is 61.2 Å². The van der Waals surface area contributed by atoms with Gasteiger partial charge in [0.05, 0.1) is 11.1 Å². The van der Waals surface area contributed by atoms with Gasteiger partial charge in [0.1, 0.15) is 16.7 Å². The molecule has 32 heavy (non-hydrogen) atoms. The average molecular weight is 421 g/mol. The minimum Gasteiger partial charge on any atom is -0.456 e. The molecule has 4 heteroatoms. The Hall–Kier alpha value is -3.92. The number of nitrogen functional groups attached to an aromatic ring is 1. The second kappa shape index (κ2) is 7.06. The number of para-hydroxylation sites is 2. The molecule has 4 nitrogen and oxygen atoms in total. The maximum atomic E-state index is 6.36. The average Bonchev–Trinajstić information content (AvgIpc) is 3.35. The summed E-state index contributed by atoms with van der Waals surface area (Å²) in [6.07, 6.45) is 0.877. The highest BCUT2D eigenvalue weighted by Crippen LogP contribution is 2.39. The summed E-state index contributed by atoms with van der Waals surface area (Å²) in [5, 5.41) is 8.17. The number of furan rings is 2. The van der Waals surface area contributed by atoms with Crippen LogP contribution in [-0.2, 0) is 6.42 Å². The third-order valence-electron chi connectivity index (χ3n) is 6.31. The molecule has 0 atom stereocenters. The van der Waals surface area contributed by atoms with Crippen molar-refractivity contribution in [3.8, 4) is 0 Å². The lowest BCUT2D eigenvalue weighted by atomic mass is 10.0. The SMILES string of the molecule is Cc1cc(CCNc2cc(C)c(N)c3oc4ccccc4c23)c2c(c1)oc1ccccc12. The molecule has 6 aromatic rings. The van der Waals surface area contributed by atoms with E-state index >= 15 is 0 Å². The van der Waals surface area contributed by atoms with Gasteiger partial charge in [-0.25, -0.2) is 0 Å². The quantitative estimate of drug-likeness (QED) is 0.293. The molecule has 4 aromatic carbocycles. The van der Waals surface area contributed by atoms with Gasteiger partial charge in [-0.3, -0.25) is 0 Å². The van der Waals surface area contributed by atoms with Crippen molar-refractivity contribution in [1.82, 2.24) is 0 Å². The van der Waals surface area contributed by atoms with Crippen LogP contribution in [0, 0.1) is 13.8 Å². The predicted octanol–water partition coefficient (Wildman–Crippen LogP) is 7.34. The van der Waals surface area contributed by atoms with Gasteiger partial charge < -0.3 is 19.9 Å². The third-order valence-corrected chi connectivity index (χ3v) is 6.31. The summed E-state index contributed by atoms with van der Waals surface area (Å²) in [7, 11) is 0. The van der Waals surface area contributed by atoms with Crippen LogP contribution < -0.4 is 11.1 Å². The van der Waals surface area contributed by atoms with Crippen LogP contribution in [0.3, 0.4) is 0 Å². The van der Waals surface area contributed by atoms with Gasteiger partial charge in [0, 0.05) is 28.4 Å². The van der Waals surface area contributed by atoms with Crippen molar-refractivity contribution < 1.29 is 8.83 Å². The van der Waals surface area contributed by atoms with Crippen molar-refractivity contribution in [2.24, 2.45) is 0 Å². The maximum Gasteiger partial charge on any atom is 0.160 e. The number of nitrogens with one attached hydrogen (secondary N) is 1. The number of hydrogen-bond acceptors (Lipinski definition) is 4. The maximum absolute atomic E-state index is 6.36. The van der Waals surface area contributed by atoms with Crippen LogP contribution in [0.5, 0.6) is 0 Å². The van der Waals surface area contributed by atoms with Crippen molar-refractivity contribution >= 4 is 55.3 Å². The topological polar surface area (TPSA) is 64.3 Å². The Balaban J connectivity index is 1.40. The number of nitrogens with two attached hydrogens (primary N) is 1. The van der Waals surface area contributed by atoms with Gasteiger partial charge in [-0.1, -0.05) is 42.5 Å². The van der Waals surface area contributed by atoms with Gasteiger partial charge in [0.15, 0.2) is 5.58 Å². The first kappa shape index (κ1) is 18.8. The molecule has 0 fully saturated rings. The Kier molecular flexibility index (Phi) is 4.15. The molecule has 6 rings (SSSR count). The standard InChI is InChI=1S/C28H24N2O2/c1-16-13-18(25-19-7-3-5-9-22(19)31-24(25)14-16)11-12-30-21-15-17(2)27(29)28-26(21)20-8-4-6-10-23(20)32-28/h3-10,13-15,30H,11-12,29H2,1-2H3. The van der Waals surface area contributed by atoms with E-state index in [1.165, 1.54) is 21.9 Å². The molecule has 0 unspecified atom stereocenters. The van der Waals surface area contributed by atoms with E-state index in [0.29, 0.717) is 5.69 Å². The molecule has 158 valence electrons. The van der Waals surface area contributed by atoms with Crippen LogP contribution >= 0.6 is 0 Å². The van der Waals surface area contributed by atoms with Crippen molar-refractivity contribution in [2.75, 3.05) is 17.6 Å². The zero-order valence-corrected chi connectivity index (χ0v) is 18.2. The lowest BCUT2D eigenvalue weighted by Gasteiger charge is -2.12. The van der Waals surface area contributed by atoms with Crippen LogP contribution in [0.25, 0.3) is 43.9 Å². The summed E-state index contributed by atoms with van der Waals surface area (Å²) in [5.74, 6) is 0. The number of rotatable bonds is 4. The van der Waals surface area contributed by atoms with Crippen molar-refractivity contribution in [1.29, 1.82) is 0 Å². The van der Waals surface area contributed by atoms with E-state index in [1.807, 2.05) is 37.3 Å². The fraction of sp³-hybridized carbons (Fsp3) is 0.143. The highest BCUT2D eigenvalue weighted by molar-refractivity contribution is 6.15. The molecule has 0 aliphatic rings. The highest BCUT2D eigenvalue weighted by Gasteiger charge is 2.16. The molecule has 2 aromatic heterocycles. The Morgan fingerprint density at radius 1 is 0.781 bits per heavy atom. The molecule has 2 heterocycles. The summed E-state index contributed by atoms with van der Waals surface area (Å²) in [6, 6.07) is 22.9. The first-order valence-electron chi connectivity index (χ1n) is 10.9. The second-order valence-corrected chi connectivity index (χ2v) is 8.53. The van der Waals surface area contributed by atoms with Crippen LogP contribution in [0.15, 0.2) is 75.6 Å². The molecular formula is C28H24N2O2. The van der Waals surface area contributed by atoms with Crippen molar-refractivity contribution in [3.05, 3.63) is 83.4 Å². The molecule has 0 saturated carbocycles. The fourth-order valence-corrected chi connectivity index (χ4v) is 4.81. The molecular weight excluding hydrogens is 396 g/mol. The largest absolute Gasteiger partial charge is 0.456 e. The van der Waals surface area contributed by atoms with E-state index < -0.39 is 0 Å². The molecule has 0 spiro atoms. The van der Waals surface area contributed by atoms with Crippen molar-refractivity contribution in [3.63, 3.8) is 0 Å². The number of anilines is 2. The van der Waals surface area contributed by atoms with Crippen molar-refractivity contribution in [2.45, 2.75) is 20.3 Å². The van der Waals surface area contributed by atoms with E-state index in [1.54, 1.807) is 0 Å². The zero-order chi connectivity index (χ0) is 21.8. The molecule has 0 radical (unpaired) electrons.